The van der Waals surface area contributed by atoms with Crippen LogP contribution in [0.15, 0.2) is 42.6 Å². The van der Waals surface area contributed by atoms with Gasteiger partial charge >= 0.3 is 0 Å². The van der Waals surface area contributed by atoms with Gasteiger partial charge in [-0.05, 0) is 37.0 Å². The van der Waals surface area contributed by atoms with Crippen molar-refractivity contribution in [1.82, 2.24) is 10.3 Å². The molecule has 2 aromatic rings. The molecule has 4 heteroatoms. The Morgan fingerprint density at radius 3 is 2.48 bits per heavy atom. The van der Waals surface area contributed by atoms with E-state index in [0.29, 0.717) is 18.2 Å². The predicted molar refractivity (Wildman–Crippen MR) is 94.5 cm³/mol. The molecule has 2 N–H and O–H groups in total. The molecule has 0 aliphatic rings. The van der Waals surface area contributed by atoms with Gasteiger partial charge in [0, 0.05) is 13.1 Å². The topological polar surface area (TPSA) is 54.0 Å². The fourth-order valence-electron chi connectivity index (χ4n) is 2.12. The van der Waals surface area contributed by atoms with Crippen LogP contribution in [0.3, 0.4) is 0 Å². The van der Waals surface area contributed by atoms with Gasteiger partial charge in [-0.15, -0.1) is 0 Å². The molecule has 0 saturated heterocycles. The second-order valence-electron chi connectivity index (χ2n) is 6.21. The summed E-state index contributed by atoms with van der Waals surface area (Å²) in [5.41, 5.74) is 3.67. The number of amides is 1. The number of aromatic nitrogens is 1. The highest BCUT2D eigenvalue weighted by Crippen LogP contribution is 2.08. The van der Waals surface area contributed by atoms with Gasteiger partial charge in [-0.25, -0.2) is 4.98 Å². The molecule has 1 amide bonds. The van der Waals surface area contributed by atoms with Gasteiger partial charge in [-0.2, -0.15) is 0 Å². The van der Waals surface area contributed by atoms with E-state index in [4.69, 9.17) is 0 Å². The number of hydrogen-bond acceptors (Lipinski definition) is 3. The molecule has 0 bridgehead atoms. The summed E-state index contributed by atoms with van der Waals surface area (Å²) in [6, 6.07) is 11.8. The van der Waals surface area contributed by atoms with Crippen molar-refractivity contribution in [1.29, 1.82) is 0 Å². The molecular weight excluding hydrogens is 286 g/mol. The lowest BCUT2D eigenvalue weighted by Crippen LogP contribution is -2.23. The highest BCUT2D eigenvalue weighted by molar-refractivity contribution is 5.92. The minimum atomic E-state index is -0.153. The number of nitrogens with zero attached hydrogens (tertiary/aromatic N) is 1. The molecule has 0 radical (unpaired) electrons. The van der Waals surface area contributed by atoms with Crippen LogP contribution in [0.2, 0.25) is 0 Å². The lowest BCUT2D eigenvalue weighted by atomic mass is 10.1. The van der Waals surface area contributed by atoms with E-state index in [-0.39, 0.29) is 5.91 Å². The minimum absolute atomic E-state index is 0.153. The van der Waals surface area contributed by atoms with E-state index in [9.17, 15) is 4.79 Å². The van der Waals surface area contributed by atoms with Gasteiger partial charge in [0.25, 0.3) is 5.91 Å². The van der Waals surface area contributed by atoms with Crippen molar-refractivity contribution >= 4 is 11.6 Å². The summed E-state index contributed by atoms with van der Waals surface area (Å²) in [7, 11) is 0. The molecule has 1 aromatic carbocycles. The Kier molecular flexibility index (Phi) is 6.15. The zero-order valence-corrected chi connectivity index (χ0v) is 14.1. The molecule has 0 aliphatic carbocycles. The molecule has 0 unspecified atom stereocenters. The maximum atomic E-state index is 12.1. The highest BCUT2D eigenvalue weighted by Gasteiger charge is 2.06. The monoisotopic (exact) mass is 311 g/mol. The highest BCUT2D eigenvalue weighted by atomic mass is 16.1. The fraction of sp³-hybridized carbons (Fsp3) is 0.368. The van der Waals surface area contributed by atoms with Crippen LogP contribution in [0.1, 0.15) is 41.9 Å². The summed E-state index contributed by atoms with van der Waals surface area (Å²) in [5, 5.41) is 6.20. The summed E-state index contributed by atoms with van der Waals surface area (Å²) in [6.45, 7) is 7.86. The zero-order chi connectivity index (χ0) is 16.7. The van der Waals surface area contributed by atoms with Crippen molar-refractivity contribution in [3.63, 3.8) is 0 Å². The van der Waals surface area contributed by atoms with E-state index in [1.807, 2.05) is 37.3 Å². The summed E-state index contributed by atoms with van der Waals surface area (Å²) in [4.78, 5) is 16.3. The normalized spacial score (nSPS) is 10.6. The number of nitrogens with one attached hydrogen (secondary N) is 2. The van der Waals surface area contributed by atoms with Crippen molar-refractivity contribution in [3.8, 4) is 0 Å². The molecule has 0 aliphatic heterocycles. The quantitative estimate of drug-likeness (QED) is 0.818. The van der Waals surface area contributed by atoms with Crippen LogP contribution in [-0.2, 0) is 6.54 Å². The van der Waals surface area contributed by atoms with Crippen LogP contribution >= 0.6 is 0 Å². The second-order valence-corrected chi connectivity index (χ2v) is 6.21. The Hall–Kier alpha value is -2.36. The van der Waals surface area contributed by atoms with Crippen LogP contribution in [0.5, 0.6) is 0 Å². The third-order valence-corrected chi connectivity index (χ3v) is 3.62. The molecule has 1 heterocycles. The molecule has 0 fully saturated rings. The Bertz CT molecular complexity index is 618. The predicted octanol–water partition coefficient (Wildman–Crippen LogP) is 3.78. The first-order valence-corrected chi connectivity index (χ1v) is 8.08. The molecule has 0 saturated carbocycles. The van der Waals surface area contributed by atoms with E-state index in [1.54, 1.807) is 12.3 Å². The lowest BCUT2D eigenvalue weighted by Gasteiger charge is -2.09. The van der Waals surface area contributed by atoms with Gasteiger partial charge in [0.1, 0.15) is 5.69 Å². The maximum absolute atomic E-state index is 12.1. The first-order valence-electron chi connectivity index (χ1n) is 8.08. The third-order valence-electron chi connectivity index (χ3n) is 3.62. The summed E-state index contributed by atoms with van der Waals surface area (Å²) in [5.74, 6) is 0.515. The number of rotatable bonds is 7. The number of pyridine rings is 1. The Morgan fingerprint density at radius 1 is 1.13 bits per heavy atom. The number of anilines is 1. The zero-order valence-electron chi connectivity index (χ0n) is 14.1. The Labute approximate surface area is 138 Å². The minimum Gasteiger partial charge on any atom is -0.384 e. The van der Waals surface area contributed by atoms with Gasteiger partial charge in [0.2, 0.25) is 0 Å². The SMILES string of the molecule is Cc1ccc(CNC(=O)c2ccc(NCCC(C)C)cn2)cc1. The molecule has 0 atom stereocenters. The largest absolute Gasteiger partial charge is 0.384 e. The summed E-state index contributed by atoms with van der Waals surface area (Å²) >= 11 is 0. The summed E-state index contributed by atoms with van der Waals surface area (Å²) < 4.78 is 0. The average Bonchev–Trinajstić information content (AvgIpc) is 2.54. The van der Waals surface area contributed by atoms with Crippen LogP contribution in [-0.4, -0.2) is 17.4 Å². The van der Waals surface area contributed by atoms with Crippen molar-refractivity contribution in [2.45, 2.75) is 33.7 Å². The molecule has 0 spiro atoms. The van der Waals surface area contributed by atoms with Gasteiger partial charge < -0.3 is 10.6 Å². The van der Waals surface area contributed by atoms with E-state index in [0.717, 1.165) is 24.2 Å². The number of benzene rings is 1. The first kappa shape index (κ1) is 17.0. The number of aryl methyl sites for hydroxylation is 1. The second kappa shape index (κ2) is 8.32. The standard InChI is InChI=1S/C19H25N3O/c1-14(2)10-11-20-17-8-9-18(21-13-17)19(23)22-12-16-6-4-15(3)5-7-16/h4-9,13-14,20H,10-12H2,1-3H3,(H,22,23). The molecule has 122 valence electrons. The molecule has 2 rings (SSSR count). The number of carbonyl (C=O) groups is 1. The Morgan fingerprint density at radius 2 is 1.87 bits per heavy atom. The van der Waals surface area contributed by atoms with Crippen LogP contribution in [0, 0.1) is 12.8 Å². The van der Waals surface area contributed by atoms with E-state index >= 15 is 0 Å². The maximum Gasteiger partial charge on any atom is 0.270 e. The van der Waals surface area contributed by atoms with Gasteiger partial charge in [0.05, 0.1) is 11.9 Å². The lowest BCUT2D eigenvalue weighted by molar-refractivity contribution is 0.0946. The van der Waals surface area contributed by atoms with Crippen molar-refractivity contribution in [2.24, 2.45) is 5.92 Å². The first-order chi connectivity index (χ1) is 11.0. The number of carbonyl (C=O) groups excluding carboxylic acids is 1. The van der Waals surface area contributed by atoms with Gasteiger partial charge in [0.15, 0.2) is 0 Å². The van der Waals surface area contributed by atoms with E-state index in [2.05, 4.69) is 29.5 Å². The third kappa shape index (κ3) is 5.74. The van der Waals surface area contributed by atoms with E-state index < -0.39 is 0 Å². The molecular formula is C19H25N3O. The number of hydrogen-bond donors (Lipinski definition) is 2. The fourth-order valence-corrected chi connectivity index (χ4v) is 2.12. The van der Waals surface area contributed by atoms with Gasteiger partial charge in [-0.3, -0.25) is 4.79 Å². The molecule has 4 nitrogen and oxygen atoms in total. The van der Waals surface area contributed by atoms with E-state index in [1.165, 1.54) is 5.56 Å². The molecule has 23 heavy (non-hydrogen) atoms. The van der Waals surface area contributed by atoms with Crippen LogP contribution < -0.4 is 10.6 Å². The van der Waals surface area contributed by atoms with Crippen LogP contribution in [0.25, 0.3) is 0 Å². The van der Waals surface area contributed by atoms with Crippen molar-refractivity contribution < 1.29 is 4.79 Å². The smallest absolute Gasteiger partial charge is 0.270 e. The molecule has 1 aromatic heterocycles. The Balaban J connectivity index is 1.83. The van der Waals surface area contributed by atoms with Crippen molar-refractivity contribution in [3.05, 3.63) is 59.4 Å². The van der Waals surface area contributed by atoms with Crippen molar-refractivity contribution in [2.75, 3.05) is 11.9 Å². The summed E-state index contributed by atoms with van der Waals surface area (Å²) in [6.07, 6.45) is 2.82. The van der Waals surface area contributed by atoms with Gasteiger partial charge in [-0.1, -0.05) is 43.7 Å². The average molecular weight is 311 g/mol. The van der Waals surface area contributed by atoms with Crippen LogP contribution in [0.4, 0.5) is 5.69 Å².